The van der Waals surface area contributed by atoms with Crippen LogP contribution in [-0.2, 0) is 14.8 Å². The van der Waals surface area contributed by atoms with E-state index in [1.54, 1.807) is 19.1 Å². The topological polar surface area (TPSA) is 91.4 Å². The molecule has 142 valence electrons. The van der Waals surface area contributed by atoms with Crippen molar-refractivity contribution in [2.45, 2.75) is 37.5 Å². The first-order valence-electron chi connectivity index (χ1n) is 8.90. The molecule has 0 bridgehead atoms. The Labute approximate surface area is 157 Å². The SMILES string of the molecule is CCNS(=O)(=O)c1ccc2nc(NC(=O)CN3CCCCCC3)sc2c1. The number of thiazole rings is 1. The van der Waals surface area contributed by atoms with E-state index in [1.807, 2.05) is 0 Å². The molecular weight excluding hydrogens is 372 g/mol. The fraction of sp³-hybridized carbons (Fsp3) is 0.529. The van der Waals surface area contributed by atoms with Crippen LogP contribution in [0.5, 0.6) is 0 Å². The Hall–Kier alpha value is -1.55. The van der Waals surface area contributed by atoms with Gasteiger partial charge in [-0.3, -0.25) is 9.69 Å². The third-order valence-corrected chi connectivity index (χ3v) is 6.79. The largest absolute Gasteiger partial charge is 0.301 e. The van der Waals surface area contributed by atoms with Crippen molar-refractivity contribution in [3.63, 3.8) is 0 Å². The summed E-state index contributed by atoms with van der Waals surface area (Å²) in [5.74, 6) is -0.0774. The van der Waals surface area contributed by atoms with Gasteiger partial charge in [0, 0.05) is 6.54 Å². The molecule has 1 aromatic carbocycles. The maximum atomic E-state index is 12.3. The number of fused-ring (bicyclic) bond motifs is 1. The molecule has 7 nitrogen and oxygen atoms in total. The molecule has 0 spiro atoms. The van der Waals surface area contributed by atoms with Gasteiger partial charge in [0.15, 0.2) is 5.13 Å². The number of sulfonamides is 1. The predicted molar refractivity (Wildman–Crippen MR) is 104 cm³/mol. The van der Waals surface area contributed by atoms with Crippen molar-refractivity contribution in [3.05, 3.63) is 18.2 Å². The predicted octanol–water partition coefficient (Wildman–Crippen LogP) is 2.41. The Bertz CT molecular complexity index is 871. The number of nitrogens with zero attached hydrogens (tertiary/aromatic N) is 2. The lowest BCUT2D eigenvalue weighted by atomic mass is 10.2. The molecule has 1 aliphatic heterocycles. The third kappa shape index (κ3) is 4.79. The van der Waals surface area contributed by atoms with Gasteiger partial charge in [-0.1, -0.05) is 31.1 Å². The number of amides is 1. The number of hydrogen-bond acceptors (Lipinski definition) is 6. The smallest absolute Gasteiger partial charge is 0.240 e. The molecule has 2 heterocycles. The van der Waals surface area contributed by atoms with Crippen molar-refractivity contribution in [2.24, 2.45) is 0 Å². The fourth-order valence-corrected chi connectivity index (χ4v) is 5.12. The average molecular weight is 397 g/mol. The van der Waals surface area contributed by atoms with Crippen LogP contribution in [0.25, 0.3) is 10.2 Å². The number of nitrogens with one attached hydrogen (secondary N) is 2. The number of likely N-dealkylation sites (tertiary alicyclic amines) is 1. The normalized spacial score (nSPS) is 16.5. The van der Waals surface area contributed by atoms with Gasteiger partial charge >= 0.3 is 0 Å². The number of anilines is 1. The zero-order valence-electron chi connectivity index (χ0n) is 14.8. The van der Waals surface area contributed by atoms with Crippen molar-refractivity contribution >= 4 is 42.6 Å². The Morgan fingerprint density at radius 3 is 2.65 bits per heavy atom. The molecule has 1 aromatic heterocycles. The van der Waals surface area contributed by atoms with Crippen molar-refractivity contribution in [2.75, 3.05) is 31.5 Å². The Balaban J connectivity index is 1.69. The van der Waals surface area contributed by atoms with Crippen molar-refractivity contribution in [1.29, 1.82) is 0 Å². The van der Waals surface area contributed by atoms with E-state index in [2.05, 4.69) is 19.9 Å². The first kappa shape index (κ1) is 19.2. The molecule has 9 heteroatoms. The average Bonchev–Trinajstić information content (AvgIpc) is 2.80. The minimum atomic E-state index is -3.50. The minimum absolute atomic E-state index is 0.0774. The van der Waals surface area contributed by atoms with E-state index in [0.717, 1.165) is 30.6 Å². The number of carbonyl (C=O) groups is 1. The Morgan fingerprint density at radius 1 is 1.23 bits per heavy atom. The molecule has 1 amide bonds. The lowest BCUT2D eigenvalue weighted by Crippen LogP contribution is -2.33. The Morgan fingerprint density at radius 2 is 1.96 bits per heavy atom. The number of aromatic nitrogens is 1. The monoisotopic (exact) mass is 396 g/mol. The summed E-state index contributed by atoms with van der Waals surface area (Å²) in [7, 11) is -3.50. The molecule has 0 atom stereocenters. The number of benzene rings is 1. The highest BCUT2D eigenvalue weighted by Gasteiger charge is 2.17. The van der Waals surface area contributed by atoms with Gasteiger partial charge in [-0.05, 0) is 44.1 Å². The summed E-state index contributed by atoms with van der Waals surface area (Å²) in [5, 5.41) is 3.34. The molecule has 1 fully saturated rings. The second-order valence-corrected chi connectivity index (χ2v) is 9.19. The zero-order valence-corrected chi connectivity index (χ0v) is 16.5. The lowest BCUT2D eigenvalue weighted by Gasteiger charge is -2.18. The van der Waals surface area contributed by atoms with Gasteiger partial charge < -0.3 is 5.32 Å². The van der Waals surface area contributed by atoms with E-state index >= 15 is 0 Å². The summed E-state index contributed by atoms with van der Waals surface area (Å²) >= 11 is 1.29. The number of hydrogen-bond donors (Lipinski definition) is 2. The van der Waals surface area contributed by atoms with Crippen LogP contribution in [-0.4, -0.2) is 50.4 Å². The molecule has 26 heavy (non-hydrogen) atoms. The maximum Gasteiger partial charge on any atom is 0.240 e. The molecule has 3 rings (SSSR count). The summed E-state index contributed by atoms with van der Waals surface area (Å²) in [5.41, 5.74) is 0.676. The van der Waals surface area contributed by atoms with Crippen LogP contribution in [0.4, 0.5) is 5.13 Å². The van der Waals surface area contributed by atoms with Gasteiger partial charge in [-0.15, -0.1) is 0 Å². The van der Waals surface area contributed by atoms with Gasteiger partial charge in [0.25, 0.3) is 0 Å². The summed E-state index contributed by atoms with van der Waals surface area (Å²) in [4.78, 5) is 19.1. The molecular formula is C17H24N4O3S2. The standard InChI is InChI=1S/C17H24N4O3S2/c1-2-18-26(23,24)13-7-8-14-15(11-13)25-17(19-14)20-16(22)12-21-9-5-3-4-6-10-21/h7-8,11,18H,2-6,9-10,12H2,1H3,(H,19,20,22). The number of carbonyl (C=O) groups excluding carboxylic acids is 1. The van der Waals surface area contributed by atoms with Gasteiger partial charge in [-0.2, -0.15) is 0 Å². The Kier molecular flexibility index (Phi) is 6.23. The van der Waals surface area contributed by atoms with E-state index in [0.29, 0.717) is 23.7 Å². The first-order valence-corrected chi connectivity index (χ1v) is 11.2. The second kappa shape index (κ2) is 8.43. The first-order chi connectivity index (χ1) is 12.5. The molecule has 0 unspecified atom stereocenters. The van der Waals surface area contributed by atoms with Crippen LogP contribution in [0, 0.1) is 0 Å². The summed E-state index contributed by atoms with van der Waals surface area (Å²) < 4.78 is 27.4. The van der Waals surface area contributed by atoms with E-state index in [-0.39, 0.29) is 10.8 Å². The molecule has 0 saturated carbocycles. The van der Waals surface area contributed by atoms with Crippen molar-refractivity contribution in [3.8, 4) is 0 Å². The van der Waals surface area contributed by atoms with Gasteiger partial charge in [0.2, 0.25) is 15.9 Å². The van der Waals surface area contributed by atoms with E-state index in [9.17, 15) is 13.2 Å². The van der Waals surface area contributed by atoms with Crippen LogP contribution >= 0.6 is 11.3 Å². The van der Waals surface area contributed by atoms with Crippen LogP contribution in [0.15, 0.2) is 23.1 Å². The van der Waals surface area contributed by atoms with Crippen LogP contribution < -0.4 is 10.0 Å². The maximum absolute atomic E-state index is 12.3. The molecule has 1 saturated heterocycles. The van der Waals surface area contributed by atoms with Crippen molar-refractivity contribution < 1.29 is 13.2 Å². The van der Waals surface area contributed by atoms with Crippen LogP contribution in [0.3, 0.4) is 0 Å². The molecule has 2 N–H and O–H groups in total. The highest BCUT2D eigenvalue weighted by Crippen LogP contribution is 2.28. The highest BCUT2D eigenvalue weighted by atomic mass is 32.2. The van der Waals surface area contributed by atoms with Crippen LogP contribution in [0.2, 0.25) is 0 Å². The third-order valence-electron chi connectivity index (χ3n) is 4.32. The zero-order chi connectivity index (χ0) is 18.6. The molecule has 1 aliphatic rings. The highest BCUT2D eigenvalue weighted by molar-refractivity contribution is 7.89. The quantitative estimate of drug-likeness (QED) is 0.782. The summed E-state index contributed by atoms with van der Waals surface area (Å²) in [6.07, 6.45) is 4.73. The molecule has 0 radical (unpaired) electrons. The summed E-state index contributed by atoms with van der Waals surface area (Å²) in [6, 6.07) is 4.79. The van der Waals surface area contributed by atoms with Gasteiger partial charge in [0.1, 0.15) is 0 Å². The van der Waals surface area contributed by atoms with E-state index in [4.69, 9.17) is 0 Å². The summed E-state index contributed by atoms with van der Waals surface area (Å²) in [6.45, 7) is 4.36. The van der Waals surface area contributed by atoms with E-state index in [1.165, 1.54) is 30.2 Å². The molecule has 0 aliphatic carbocycles. The van der Waals surface area contributed by atoms with Gasteiger partial charge in [-0.25, -0.2) is 18.1 Å². The van der Waals surface area contributed by atoms with Crippen molar-refractivity contribution in [1.82, 2.24) is 14.6 Å². The minimum Gasteiger partial charge on any atom is -0.301 e. The fourth-order valence-electron chi connectivity index (χ4n) is 3.06. The second-order valence-electron chi connectivity index (χ2n) is 6.39. The lowest BCUT2D eigenvalue weighted by molar-refractivity contribution is -0.117. The molecule has 2 aromatic rings. The van der Waals surface area contributed by atoms with Crippen LogP contribution in [0.1, 0.15) is 32.6 Å². The number of rotatable bonds is 6. The van der Waals surface area contributed by atoms with E-state index < -0.39 is 10.0 Å². The van der Waals surface area contributed by atoms with Gasteiger partial charge in [0.05, 0.1) is 21.7 Å².